The lowest BCUT2D eigenvalue weighted by Gasteiger charge is -2.09. The first kappa shape index (κ1) is 10.7. The number of imidazole rings is 1. The second-order valence-electron chi connectivity index (χ2n) is 4.01. The zero-order valence-corrected chi connectivity index (χ0v) is 9.56. The molecule has 5 heteroatoms. The SMILES string of the molecule is Nc1ncccc1C(O)c1cn2ccccc2n1. The van der Waals surface area contributed by atoms with Crippen molar-refractivity contribution in [2.75, 3.05) is 5.73 Å². The molecule has 5 nitrogen and oxygen atoms in total. The lowest BCUT2D eigenvalue weighted by molar-refractivity contribution is 0.216. The summed E-state index contributed by atoms with van der Waals surface area (Å²) in [6.45, 7) is 0. The fourth-order valence-corrected chi connectivity index (χ4v) is 1.91. The van der Waals surface area contributed by atoms with Crippen LogP contribution in [0, 0.1) is 0 Å². The smallest absolute Gasteiger partial charge is 0.137 e. The van der Waals surface area contributed by atoms with E-state index in [0.717, 1.165) is 5.65 Å². The standard InChI is InChI=1S/C13H12N4O/c14-13-9(4-3-6-15-13)12(18)10-8-17-7-2-1-5-11(17)16-10/h1-8,12,18H,(H2,14,15). The molecule has 3 N–H and O–H groups in total. The molecule has 18 heavy (non-hydrogen) atoms. The number of hydrogen-bond donors (Lipinski definition) is 2. The van der Waals surface area contributed by atoms with Crippen molar-refractivity contribution in [1.82, 2.24) is 14.4 Å². The largest absolute Gasteiger partial charge is 0.383 e. The third-order valence-corrected chi connectivity index (χ3v) is 2.83. The number of nitrogens with two attached hydrogens (primary N) is 1. The molecule has 0 aliphatic heterocycles. The Hall–Kier alpha value is -2.40. The summed E-state index contributed by atoms with van der Waals surface area (Å²) in [6, 6.07) is 9.17. The number of aromatic nitrogens is 3. The summed E-state index contributed by atoms with van der Waals surface area (Å²) >= 11 is 0. The van der Waals surface area contributed by atoms with Gasteiger partial charge in [0, 0.05) is 24.2 Å². The first-order valence-corrected chi connectivity index (χ1v) is 5.58. The van der Waals surface area contributed by atoms with Crippen LogP contribution in [0.4, 0.5) is 5.82 Å². The third-order valence-electron chi connectivity index (χ3n) is 2.83. The summed E-state index contributed by atoms with van der Waals surface area (Å²) in [5.74, 6) is 0.321. The highest BCUT2D eigenvalue weighted by Gasteiger charge is 2.16. The molecule has 90 valence electrons. The van der Waals surface area contributed by atoms with Crippen LogP contribution in [-0.4, -0.2) is 19.5 Å². The highest BCUT2D eigenvalue weighted by Crippen LogP contribution is 2.24. The predicted octanol–water partition coefficient (Wildman–Crippen LogP) is 1.39. The molecule has 0 aromatic carbocycles. The van der Waals surface area contributed by atoms with Gasteiger partial charge < -0.3 is 15.2 Å². The van der Waals surface area contributed by atoms with Crippen LogP contribution in [0.1, 0.15) is 17.4 Å². The van der Waals surface area contributed by atoms with Crippen LogP contribution in [-0.2, 0) is 0 Å². The van der Waals surface area contributed by atoms with Crippen LogP contribution in [0.3, 0.4) is 0 Å². The van der Waals surface area contributed by atoms with E-state index in [1.807, 2.05) is 28.8 Å². The zero-order chi connectivity index (χ0) is 12.5. The van der Waals surface area contributed by atoms with Crippen LogP contribution in [0.15, 0.2) is 48.9 Å². The summed E-state index contributed by atoms with van der Waals surface area (Å²) in [7, 11) is 0. The number of fused-ring (bicyclic) bond motifs is 1. The van der Waals surface area contributed by atoms with Crippen LogP contribution >= 0.6 is 0 Å². The molecule has 0 saturated heterocycles. The number of nitrogen functional groups attached to an aromatic ring is 1. The first-order valence-electron chi connectivity index (χ1n) is 5.58. The van der Waals surface area contributed by atoms with Crippen molar-refractivity contribution in [3.8, 4) is 0 Å². The Balaban J connectivity index is 2.07. The van der Waals surface area contributed by atoms with Crippen molar-refractivity contribution in [1.29, 1.82) is 0 Å². The van der Waals surface area contributed by atoms with Gasteiger partial charge in [0.25, 0.3) is 0 Å². The third kappa shape index (κ3) is 1.70. The summed E-state index contributed by atoms with van der Waals surface area (Å²) in [4.78, 5) is 8.32. The maximum absolute atomic E-state index is 10.3. The molecular weight excluding hydrogens is 228 g/mol. The van der Waals surface area contributed by atoms with E-state index in [1.54, 1.807) is 24.5 Å². The number of rotatable bonds is 2. The minimum Gasteiger partial charge on any atom is -0.383 e. The van der Waals surface area contributed by atoms with E-state index < -0.39 is 6.10 Å². The molecule has 3 rings (SSSR count). The van der Waals surface area contributed by atoms with Gasteiger partial charge in [0.1, 0.15) is 17.6 Å². The lowest BCUT2D eigenvalue weighted by Crippen LogP contribution is -2.05. The molecule has 0 radical (unpaired) electrons. The molecule has 0 aliphatic rings. The molecule has 0 saturated carbocycles. The summed E-state index contributed by atoms with van der Waals surface area (Å²) < 4.78 is 1.85. The van der Waals surface area contributed by atoms with Crippen LogP contribution in [0.25, 0.3) is 5.65 Å². The van der Waals surface area contributed by atoms with Gasteiger partial charge in [-0.3, -0.25) is 0 Å². The van der Waals surface area contributed by atoms with Crippen molar-refractivity contribution in [3.05, 3.63) is 60.2 Å². The van der Waals surface area contributed by atoms with Gasteiger partial charge in [-0.05, 0) is 18.2 Å². The zero-order valence-electron chi connectivity index (χ0n) is 9.56. The highest BCUT2D eigenvalue weighted by atomic mass is 16.3. The van der Waals surface area contributed by atoms with Gasteiger partial charge in [0.15, 0.2) is 0 Å². The van der Waals surface area contributed by atoms with Crippen molar-refractivity contribution in [2.45, 2.75) is 6.10 Å². The van der Waals surface area contributed by atoms with E-state index in [0.29, 0.717) is 17.1 Å². The summed E-state index contributed by atoms with van der Waals surface area (Å²) in [5.41, 5.74) is 7.66. The van der Waals surface area contributed by atoms with E-state index in [4.69, 9.17) is 5.73 Å². The molecule has 0 spiro atoms. The molecule has 0 aliphatic carbocycles. The molecule has 3 aromatic heterocycles. The molecule has 1 unspecified atom stereocenters. The second-order valence-corrected chi connectivity index (χ2v) is 4.01. The summed E-state index contributed by atoms with van der Waals surface area (Å²) in [5, 5.41) is 10.3. The van der Waals surface area contributed by atoms with Crippen molar-refractivity contribution in [3.63, 3.8) is 0 Å². The van der Waals surface area contributed by atoms with Crippen molar-refractivity contribution >= 4 is 11.5 Å². The van der Waals surface area contributed by atoms with E-state index in [2.05, 4.69) is 9.97 Å². The Bertz CT molecular complexity index is 659. The fraction of sp³-hybridized carbons (Fsp3) is 0.0769. The number of aliphatic hydroxyl groups excluding tert-OH is 1. The molecule has 3 heterocycles. The highest BCUT2D eigenvalue weighted by molar-refractivity contribution is 5.46. The van der Waals surface area contributed by atoms with E-state index >= 15 is 0 Å². The van der Waals surface area contributed by atoms with E-state index in [9.17, 15) is 5.11 Å². The maximum Gasteiger partial charge on any atom is 0.137 e. The minimum atomic E-state index is -0.862. The normalized spacial score (nSPS) is 12.7. The molecule has 1 atom stereocenters. The van der Waals surface area contributed by atoms with Gasteiger partial charge >= 0.3 is 0 Å². The second kappa shape index (κ2) is 4.12. The molecule has 0 bridgehead atoms. The van der Waals surface area contributed by atoms with Crippen LogP contribution in [0.2, 0.25) is 0 Å². The van der Waals surface area contributed by atoms with Gasteiger partial charge in [-0.25, -0.2) is 9.97 Å². The lowest BCUT2D eigenvalue weighted by atomic mass is 10.1. The maximum atomic E-state index is 10.3. The van der Waals surface area contributed by atoms with Crippen molar-refractivity contribution < 1.29 is 5.11 Å². The average Bonchev–Trinajstić information content (AvgIpc) is 2.82. The quantitative estimate of drug-likeness (QED) is 0.709. The van der Waals surface area contributed by atoms with Gasteiger partial charge in [0.2, 0.25) is 0 Å². The molecule has 0 fully saturated rings. The Kier molecular flexibility index (Phi) is 2.46. The van der Waals surface area contributed by atoms with Gasteiger partial charge in [0.05, 0.1) is 5.69 Å². The molecular formula is C13H12N4O. The van der Waals surface area contributed by atoms with Gasteiger partial charge in [-0.1, -0.05) is 12.1 Å². The minimum absolute atomic E-state index is 0.321. The summed E-state index contributed by atoms with van der Waals surface area (Å²) in [6.07, 6.45) is 4.39. The number of pyridine rings is 2. The Morgan fingerprint density at radius 3 is 2.89 bits per heavy atom. The fourth-order valence-electron chi connectivity index (χ4n) is 1.91. The topological polar surface area (TPSA) is 76.4 Å². The van der Waals surface area contributed by atoms with E-state index in [-0.39, 0.29) is 0 Å². The number of anilines is 1. The average molecular weight is 240 g/mol. The van der Waals surface area contributed by atoms with Gasteiger partial charge in [-0.2, -0.15) is 0 Å². The van der Waals surface area contributed by atoms with Crippen LogP contribution < -0.4 is 5.73 Å². The number of aliphatic hydroxyl groups is 1. The van der Waals surface area contributed by atoms with Gasteiger partial charge in [-0.15, -0.1) is 0 Å². The van der Waals surface area contributed by atoms with E-state index in [1.165, 1.54) is 0 Å². The Morgan fingerprint density at radius 1 is 1.22 bits per heavy atom. The number of hydrogen-bond acceptors (Lipinski definition) is 4. The number of nitrogens with zero attached hydrogens (tertiary/aromatic N) is 3. The monoisotopic (exact) mass is 240 g/mol. The van der Waals surface area contributed by atoms with Crippen molar-refractivity contribution in [2.24, 2.45) is 0 Å². The molecule has 3 aromatic rings. The Labute approximate surface area is 104 Å². The Morgan fingerprint density at radius 2 is 2.11 bits per heavy atom. The first-order chi connectivity index (χ1) is 8.75. The molecule has 0 amide bonds. The van der Waals surface area contributed by atoms with Crippen LogP contribution in [0.5, 0.6) is 0 Å². The predicted molar refractivity (Wildman–Crippen MR) is 67.9 cm³/mol.